The number of rotatable bonds is 3. The van der Waals surface area contributed by atoms with Crippen LogP contribution in [0.25, 0.3) is 11.0 Å². The Morgan fingerprint density at radius 1 is 1.21 bits per heavy atom. The summed E-state index contributed by atoms with van der Waals surface area (Å²) < 4.78 is 16.5. The molecule has 2 heterocycles. The van der Waals surface area contributed by atoms with Gasteiger partial charge in [0.05, 0.1) is 30.7 Å². The first-order valence-corrected chi connectivity index (χ1v) is 10.2. The smallest absolute Gasteiger partial charge is 0.340 e. The summed E-state index contributed by atoms with van der Waals surface area (Å²) in [5, 5.41) is 0.864. The van der Waals surface area contributed by atoms with Gasteiger partial charge in [0, 0.05) is 5.39 Å². The lowest BCUT2D eigenvalue weighted by Gasteiger charge is -2.32. The van der Waals surface area contributed by atoms with E-state index in [0.29, 0.717) is 23.9 Å². The predicted octanol–water partition coefficient (Wildman–Crippen LogP) is 2.27. The molecule has 1 aliphatic heterocycles. The maximum absolute atomic E-state index is 12.6. The van der Waals surface area contributed by atoms with E-state index in [-0.39, 0.29) is 6.42 Å². The maximum atomic E-state index is 12.6. The first-order valence-electron chi connectivity index (χ1n) is 10.2. The van der Waals surface area contributed by atoms with Gasteiger partial charge in [0.2, 0.25) is 6.73 Å². The fourth-order valence-electron chi connectivity index (χ4n) is 4.61. The Morgan fingerprint density at radius 2 is 1.96 bits per heavy atom. The van der Waals surface area contributed by atoms with E-state index in [2.05, 4.69) is 0 Å². The summed E-state index contributed by atoms with van der Waals surface area (Å²) in [5.74, 6) is 0.355. The highest BCUT2D eigenvalue weighted by Gasteiger charge is 2.31. The molecule has 0 spiro atoms. The number of nitrogens with one attached hydrogen (secondary N) is 1. The predicted molar refractivity (Wildman–Crippen MR) is 105 cm³/mol. The number of hydrogen-bond acceptors (Lipinski definition) is 5. The lowest BCUT2D eigenvalue weighted by Crippen LogP contribution is -3.15. The molecule has 150 valence electrons. The van der Waals surface area contributed by atoms with E-state index in [4.69, 9.17) is 13.9 Å². The number of aryl methyl sites for hydroxylation is 1. The van der Waals surface area contributed by atoms with Crippen molar-refractivity contribution in [2.75, 3.05) is 13.8 Å². The summed E-state index contributed by atoms with van der Waals surface area (Å²) in [6.07, 6.45) is 7.58. The van der Waals surface area contributed by atoms with Crippen LogP contribution in [0.3, 0.4) is 0 Å². The van der Waals surface area contributed by atoms with Crippen molar-refractivity contribution in [3.8, 4) is 5.75 Å². The molecule has 0 saturated heterocycles. The van der Waals surface area contributed by atoms with Crippen LogP contribution in [0.15, 0.2) is 21.3 Å². The zero-order valence-electron chi connectivity index (χ0n) is 16.6. The van der Waals surface area contributed by atoms with E-state index in [9.17, 15) is 9.59 Å². The van der Waals surface area contributed by atoms with Gasteiger partial charge in [0.15, 0.2) is 5.58 Å². The Labute approximate surface area is 164 Å². The van der Waals surface area contributed by atoms with Gasteiger partial charge >= 0.3 is 11.6 Å². The Hall–Kier alpha value is -2.34. The van der Waals surface area contributed by atoms with Gasteiger partial charge in [-0.3, -0.25) is 9.69 Å². The second kappa shape index (κ2) is 7.95. The normalized spacial score (nSPS) is 20.3. The topological polar surface area (TPSA) is 70.2 Å². The van der Waals surface area contributed by atoms with Gasteiger partial charge in [-0.15, -0.1) is 0 Å². The number of esters is 1. The van der Waals surface area contributed by atoms with Crippen molar-refractivity contribution in [3.63, 3.8) is 0 Å². The van der Waals surface area contributed by atoms with Gasteiger partial charge in [-0.2, -0.15) is 0 Å². The monoisotopic (exact) mass is 386 g/mol. The van der Waals surface area contributed by atoms with Crippen LogP contribution < -0.4 is 15.3 Å². The molecule has 1 aliphatic carbocycles. The third-order valence-electron chi connectivity index (χ3n) is 6.31. The van der Waals surface area contributed by atoms with Crippen molar-refractivity contribution in [2.24, 2.45) is 0 Å². The molecule has 1 unspecified atom stereocenters. The van der Waals surface area contributed by atoms with E-state index in [1.54, 1.807) is 0 Å². The molecule has 6 nitrogen and oxygen atoms in total. The number of quaternary nitrogens is 1. The first-order chi connectivity index (χ1) is 13.6. The molecule has 1 N–H and O–H groups in total. The number of ether oxygens (including phenoxy) is 2. The number of carbonyl (C=O) groups excluding carboxylic acids is 1. The van der Waals surface area contributed by atoms with Crippen LogP contribution in [0, 0.1) is 6.92 Å². The Balaban J connectivity index is 1.72. The van der Waals surface area contributed by atoms with Crippen molar-refractivity contribution in [2.45, 2.75) is 64.5 Å². The van der Waals surface area contributed by atoms with Crippen molar-refractivity contribution >= 4 is 16.9 Å². The molecule has 2 aliphatic rings. The molecule has 4 rings (SSSR count). The summed E-state index contributed by atoms with van der Waals surface area (Å²) in [4.78, 5) is 25.7. The average molecular weight is 386 g/mol. The van der Waals surface area contributed by atoms with Gasteiger partial charge in [-0.1, -0.05) is 12.8 Å². The third-order valence-corrected chi connectivity index (χ3v) is 6.31. The molecule has 1 aromatic heterocycles. The minimum absolute atomic E-state index is 0.0758. The number of benzene rings is 1. The molecule has 28 heavy (non-hydrogen) atoms. The molecule has 0 bridgehead atoms. The van der Waals surface area contributed by atoms with Gasteiger partial charge < -0.3 is 13.9 Å². The average Bonchev–Trinajstić information content (AvgIpc) is 3.00. The SMILES string of the molecule is COC(=O)Cc1c(C)c2ccc3c(c2oc1=O)C[NH+](C1CCCCCC1)CO3. The van der Waals surface area contributed by atoms with E-state index in [0.717, 1.165) is 28.8 Å². The molecule has 1 saturated carbocycles. The highest BCUT2D eigenvalue weighted by atomic mass is 16.5. The highest BCUT2D eigenvalue weighted by Crippen LogP contribution is 2.31. The zero-order chi connectivity index (χ0) is 19.7. The summed E-state index contributed by atoms with van der Waals surface area (Å²) in [6, 6.07) is 4.47. The van der Waals surface area contributed by atoms with Crippen LogP contribution in [0.5, 0.6) is 5.75 Å². The Morgan fingerprint density at radius 3 is 2.68 bits per heavy atom. The molecule has 0 radical (unpaired) electrons. The molecule has 1 fully saturated rings. The molecule has 1 atom stereocenters. The Bertz CT molecular complexity index is 940. The maximum Gasteiger partial charge on any atom is 0.340 e. The highest BCUT2D eigenvalue weighted by molar-refractivity contribution is 5.87. The molecular formula is C22H28NO5+. The van der Waals surface area contributed by atoms with Crippen LogP contribution in [-0.2, 0) is 22.5 Å². The molecule has 6 heteroatoms. The van der Waals surface area contributed by atoms with Crippen molar-refractivity contribution in [1.29, 1.82) is 0 Å². The summed E-state index contributed by atoms with van der Waals surface area (Å²) in [7, 11) is 1.32. The van der Waals surface area contributed by atoms with Crippen molar-refractivity contribution in [3.05, 3.63) is 39.2 Å². The number of methoxy groups -OCH3 is 1. The summed E-state index contributed by atoms with van der Waals surface area (Å²) in [6.45, 7) is 3.33. The minimum atomic E-state index is -0.467. The van der Waals surface area contributed by atoms with E-state index in [1.807, 2.05) is 19.1 Å². The fourth-order valence-corrected chi connectivity index (χ4v) is 4.61. The summed E-state index contributed by atoms with van der Waals surface area (Å²) >= 11 is 0. The van der Waals surface area contributed by atoms with Crippen LogP contribution >= 0.6 is 0 Å². The lowest BCUT2D eigenvalue weighted by molar-refractivity contribution is -0.957. The van der Waals surface area contributed by atoms with Gasteiger partial charge in [-0.25, -0.2) is 4.79 Å². The second-order valence-corrected chi connectivity index (χ2v) is 7.98. The van der Waals surface area contributed by atoms with Gasteiger partial charge in [0.1, 0.15) is 12.3 Å². The van der Waals surface area contributed by atoms with Crippen LogP contribution in [0.4, 0.5) is 0 Å². The quantitative estimate of drug-likeness (QED) is 0.498. The first kappa shape index (κ1) is 19.0. The van der Waals surface area contributed by atoms with E-state index >= 15 is 0 Å². The van der Waals surface area contributed by atoms with Crippen LogP contribution in [0.1, 0.15) is 55.2 Å². The Kier molecular flexibility index (Phi) is 5.40. The van der Waals surface area contributed by atoms with Crippen LogP contribution in [0.2, 0.25) is 0 Å². The zero-order valence-corrected chi connectivity index (χ0v) is 16.6. The largest absolute Gasteiger partial charge is 0.469 e. The fraction of sp³-hybridized carbons (Fsp3) is 0.545. The second-order valence-electron chi connectivity index (χ2n) is 7.98. The van der Waals surface area contributed by atoms with Gasteiger partial charge in [0.25, 0.3) is 0 Å². The van der Waals surface area contributed by atoms with E-state index < -0.39 is 11.6 Å². The molecular weight excluding hydrogens is 358 g/mol. The molecule has 2 aromatic rings. The van der Waals surface area contributed by atoms with Crippen molar-refractivity contribution < 1.29 is 23.6 Å². The standard InChI is InChI=1S/C22H27NO5/c1-14-16-9-10-19-18(21(16)28-22(25)17(14)11-20(24)26-2)12-23(13-27-19)15-7-5-3-4-6-8-15/h9-10,15H,3-8,11-13H2,1-2H3/p+1. The van der Waals surface area contributed by atoms with Gasteiger partial charge in [-0.05, 0) is 50.3 Å². The summed E-state index contributed by atoms with van der Waals surface area (Å²) in [5.41, 5.74) is 2.24. The lowest BCUT2D eigenvalue weighted by atomic mass is 9.99. The third kappa shape index (κ3) is 3.53. The molecule has 0 amide bonds. The van der Waals surface area contributed by atoms with Crippen molar-refractivity contribution in [1.82, 2.24) is 0 Å². The molecule has 1 aromatic carbocycles. The van der Waals surface area contributed by atoms with Crippen LogP contribution in [-0.4, -0.2) is 25.9 Å². The minimum Gasteiger partial charge on any atom is -0.469 e. The number of carbonyl (C=O) groups is 1. The number of fused-ring (bicyclic) bond motifs is 3. The number of hydrogen-bond donors (Lipinski definition) is 1. The van der Waals surface area contributed by atoms with E-state index in [1.165, 1.54) is 50.5 Å².